The number of rotatable bonds is 3. The summed E-state index contributed by atoms with van der Waals surface area (Å²) in [6.07, 6.45) is 0. The van der Waals surface area contributed by atoms with E-state index in [9.17, 15) is 9.59 Å². The quantitative estimate of drug-likeness (QED) is 0.510. The minimum Gasteiger partial charge on any atom is -0.457 e. The molecule has 0 fully saturated rings. The van der Waals surface area contributed by atoms with Crippen molar-refractivity contribution in [3.63, 3.8) is 0 Å². The normalized spacial score (nSPS) is 10.7. The van der Waals surface area contributed by atoms with Crippen molar-refractivity contribution >= 4 is 32.9 Å². The fraction of sp³-hybridized carbons (Fsp3) is 0.111. The second-order valence-electron chi connectivity index (χ2n) is 5.18. The highest BCUT2D eigenvalue weighted by Crippen LogP contribution is 2.20. The van der Waals surface area contributed by atoms with Crippen molar-refractivity contribution in [3.8, 4) is 0 Å². The van der Waals surface area contributed by atoms with Crippen LogP contribution in [0.25, 0.3) is 11.0 Å². The van der Waals surface area contributed by atoms with Gasteiger partial charge in [0.25, 0.3) is 0 Å². The minimum absolute atomic E-state index is 0.0104. The molecular weight excluding hydrogens is 360 g/mol. The van der Waals surface area contributed by atoms with Gasteiger partial charge in [-0.3, -0.25) is 0 Å². The lowest BCUT2D eigenvalue weighted by Crippen LogP contribution is -2.08. The van der Waals surface area contributed by atoms with E-state index in [-0.39, 0.29) is 6.61 Å². The largest absolute Gasteiger partial charge is 0.457 e. The number of carbonyl (C=O) groups is 1. The third-order valence-corrected chi connectivity index (χ3v) is 3.90. The Hall–Kier alpha value is -2.40. The van der Waals surface area contributed by atoms with Crippen LogP contribution in [0.2, 0.25) is 0 Å². The van der Waals surface area contributed by atoms with Crippen LogP contribution in [0.4, 0.5) is 0 Å². The first-order valence-electron chi connectivity index (χ1n) is 6.99. The second-order valence-corrected chi connectivity index (χ2v) is 6.09. The number of carbonyl (C=O) groups excluding carboxylic acids is 1. The summed E-state index contributed by atoms with van der Waals surface area (Å²) in [4.78, 5) is 23.8. The van der Waals surface area contributed by atoms with Crippen LogP contribution in [0.3, 0.4) is 0 Å². The number of hydrogen-bond acceptors (Lipinski definition) is 4. The lowest BCUT2D eigenvalue weighted by molar-refractivity contribution is 0.0473. The lowest BCUT2D eigenvalue weighted by atomic mass is 10.1. The van der Waals surface area contributed by atoms with Crippen molar-refractivity contribution in [2.24, 2.45) is 0 Å². The summed E-state index contributed by atoms with van der Waals surface area (Å²) in [5, 5.41) is 0.761. The molecule has 116 valence electrons. The molecule has 0 radical (unpaired) electrons. The summed E-state index contributed by atoms with van der Waals surface area (Å²) >= 11 is 3.31. The van der Waals surface area contributed by atoms with Gasteiger partial charge in [-0.2, -0.15) is 0 Å². The molecule has 5 heteroatoms. The predicted octanol–water partition coefficient (Wildman–Crippen LogP) is 4.22. The number of benzene rings is 2. The Labute approximate surface area is 140 Å². The molecule has 4 nitrogen and oxygen atoms in total. The summed E-state index contributed by atoms with van der Waals surface area (Å²) in [6.45, 7) is 1.93. The number of ether oxygens (including phenoxy) is 1. The zero-order chi connectivity index (χ0) is 16.4. The van der Waals surface area contributed by atoms with Crippen molar-refractivity contribution < 1.29 is 13.9 Å². The molecule has 0 aliphatic rings. The molecule has 0 saturated heterocycles. The Morgan fingerprint density at radius 3 is 2.78 bits per heavy atom. The Morgan fingerprint density at radius 2 is 2.00 bits per heavy atom. The van der Waals surface area contributed by atoms with Crippen LogP contribution < -0.4 is 5.63 Å². The molecular formula is C18H13BrO4. The number of hydrogen-bond donors (Lipinski definition) is 0. The highest BCUT2D eigenvalue weighted by molar-refractivity contribution is 9.10. The van der Waals surface area contributed by atoms with E-state index in [1.54, 1.807) is 24.3 Å². The molecule has 0 bridgehead atoms. The van der Waals surface area contributed by atoms with Gasteiger partial charge in [0.2, 0.25) is 0 Å². The monoisotopic (exact) mass is 372 g/mol. The first-order valence-corrected chi connectivity index (χ1v) is 7.78. The van der Waals surface area contributed by atoms with E-state index in [1.807, 2.05) is 25.1 Å². The zero-order valence-corrected chi connectivity index (χ0v) is 13.9. The van der Waals surface area contributed by atoms with Crippen LogP contribution in [-0.4, -0.2) is 5.97 Å². The molecule has 0 saturated carbocycles. The molecule has 0 aliphatic carbocycles. The second kappa shape index (κ2) is 6.38. The molecule has 23 heavy (non-hydrogen) atoms. The molecule has 3 rings (SSSR count). The van der Waals surface area contributed by atoms with Crippen molar-refractivity contribution in [1.29, 1.82) is 0 Å². The molecule has 0 amide bonds. The fourth-order valence-corrected chi connectivity index (χ4v) is 2.70. The Kier molecular flexibility index (Phi) is 4.30. The van der Waals surface area contributed by atoms with Crippen LogP contribution in [0.1, 0.15) is 21.5 Å². The van der Waals surface area contributed by atoms with Gasteiger partial charge in [-0.05, 0) is 36.8 Å². The van der Waals surface area contributed by atoms with Crippen LogP contribution in [0.15, 0.2) is 62.2 Å². The minimum atomic E-state index is -0.461. The lowest BCUT2D eigenvalue weighted by Gasteiger charge is -2.08. The smallest absolute Gasteiger partial charge is 0.338 e. The number of fused-ring (bicyclic) bond motifs is 1. The number of aryl methyl sites for hydroxylation is 1. The van der Waals surface area contributed by atoms with Crippen LogP contribution in [-0.2, 0) is 11.3 Å². The van der Waals surface area contributed by atoms with Crippen LogP contribution in [0.5, 0.6) is 0 Å². The molecule has 0 atom stereocenters. The van der Waals surface area contributed by atoms with Gasteiger partial charge in [-0.25, -0.2) is 9.59 Å². The van der Waals surface area contributed by atoms with Crippen molar-refractivity contribution in [2.75, 3.05) is 0 Å². The predicted molar refractivity (Wildman–Crippen MR) is 90.5 cm³/mol. The molecule has 0 spiro atoms. The van der Waals surface area contributed by atoms with E-state index < -0.39 is 11.6 Å². The van der Waals surface area contributed by atoms with Gasteiger partial charge < -0.3 is 9.15 Å². The number of esters is 1. The summed E-state index contributed by atoms with van der Waals surface area (Å²) in [6, 6.07) is 13.9. The van der Waals surface area contributed by atoms with Gasteiger partial charge >= 0.3 is 11.6 Å². The summed E-state index contributed by atoms with van der Waals surface area (Å²) in [5.74, 6) is -0.445. The third kappa shape index (κ3) is 3.51. The van der Waals surface area contributed by atoms with Gasteiger partial charge in [0.1, 0.15) is 12.2 Å². The van der Waals surface area contributed by atoms with Gasteiger partial charge in [-0.1, -0.05) is 34.1 Å². The average Bonchev–Trinajstić information content (AvgIpc) is 2.51. The van der Waals surface area contributed by atoms with Gasteiger partial charge in [0, 0.05) is 21.5 Å². The summed E-state index contributed by atoms with van der Waals surface area (Å²) in [7, 11) is 0. The van der Waals surface area contributed by atoms with Crippen LogP contribution in [0, 0.1) is 6.92 Å². The molecule has 3 aromatic rings. The average molecular weight is 373 g/mol. The summed E-state index contributed by atoms with van der Waals surface area (Å²) in [5.41, 5.74) is 2.09. The molecule has 0 unspecified atom stereocenters. The Bertz CT molecular complexity index is 943. The van der Waals surface area contributed by atoms with E-state index in [0.717, 1.165) is 15.4 Å². The van der Waals surface area contributed by atoms with E-state index in [0.29, 0.717) is 16.7 Å². The SMILES string of the molecule is Cc1ccc2c(COC(=O)c3cccc(Br)c3)cc(=O)oc2c1. The fourth-order valence-electron chi connectivity index (χ4n) is 2.30. The molecule has 0 N–H and O–H groups in total. The van der Waals surface area contributed by atoms with E-state index >= 15 is 0 Å². The standard InChI is InChI=1S/C18H13BrO4/c1-11-5-6-15-13(9-17(20)23-16(15)7-11)10-22-18(21)12-3-2-4-14(19)8-12/h2-9H,10H2,1H3. The summed E-state index contributed by atoms with van der Waals surface area (Å²) < 4.78 is 11.3. The highest BCUT2D eigenvalue weighted by atomic mass is 79.9. The molecule has 2 aromatic carbocycles. The Balaban J connectivity index is 1.87. The van der Waals surface area contributed by atoms with Crippen molar-refractivity contribution in [3.05, 3.63) is 80.1 Å². The maximum Gasteiger partial charge on any atom is 0.338 e. The highest BCUT2D eigenvalue weighted by Gasteiger charge is 2.11. The van der Waals surface area contributed by atoms with Gasteiger partial charge in [0.05, 0.1) is 5.56 Å². The molecule has 1 aromatic heterocycles. The maximum absolute atomic E-state index is 12.1. The van der Waals surface area contributed by atoms with Crippen molar-refractivity contribution in [1.82, 2.24) is 0 Å². The third-order valence-electron chi connectivity index (χ3n) is 3.40. The first kappa shape index (κ1) is 15.5. The van der Waals surface area contributed by atoms with Crippen LogP contribution >= 0.6 is 15.9 Å². The van der Waals surface area contributed by atoms with Crippen molar-refractivity contribution in [2.45, 2.75) is 13.5 Å². The maximum atomic E-state index is 12.1. The Morgan fingerprint density at radius 1 is 1.17 bits per heavy atom. The van der Waals surface area contributed by atoms with E-state index in [1.165, 1.54) is 6.07 Å². The molecule has 0 aliphatic heterocycles. The topological polar surface area (TPSA) is 56.5 Å². The zero-order valence-electron chi connectivity index (χ0n) is 12.3. The first-order chi connectivity index (χ1) is 11.0. The van der Waals surface area contributed by atoms with Gasteiger partial charge in [-0.15, -0.1) is 0 Å². The number of halogens is 1. The van der Waals surface area contributed by atoms with E-state index in [2.05, 4.69) is 15.9 Å². The van der Waals surface area contributed by atoms with Gasteiger partial charge in [0.15, 0.2) is 0 Å². The van der Waals surface area contributed by atoms with E-state index in [4.69, 9.17) is 9.15 Å². The molecule has 1 heterocycles.